The molecule has 0 bridgehead atoms. The van der Waals surface area contributed by atoms with Crippen molar-refractivity contribution < 1.29 is 13.7 Å². The van der Waals surface area contributed by atoms with Gasteiger partial charge in [0.2, 0.25) is 17.1 Å². The van der Waals surface area contributed by atoms with Crippen LogP contribution in [0, 0.1) is 20.8 Å². The van der Waals surface area contributed by atoms with Crippen LogP contribution in [0.5, 0.6) is 0 Å². The third kappa shape index (κ3) is 9.10. The first-order valence-corrected chi connectivity index (χ1v) is 22.2. The maximum atomic E-state index is 2.34. The van der Waals surface area contributed by atoms with Crippen molar-refractivity contribution in [3.63, 3.8) is 0 Å². The minimum absolute atomic E-state index is 0.945. The van der Waals surface area contributed by atoms with Crippen LogP contribution in [0.3, 0.4) is 0 Å². The first-order valence-electron chi connectivity index (χ1n) is 19.3. The molecule has 0 N–H and O–H groups in total. The Bertz CT molecular complexity index is 2600. The number of hydrogen-bond acceptors (Lipinski definition) is 3. The standard InChI is InChI=1S/C20H16NS.C16H16NS.C15H14NS/c1-3-8-16(9-4-1)19-13-7-10-17-14-21(15-22-20(17)19)18-11-5-2-6-12-18;1-12-6-3-4-9-15(12)17-10-14-8-5-7-13(2)16(14)18-11-17;1-12-6-5-7-13-10-16(11-17-15(12)13)14-8-3-2-4-9-14/h1-14H,15H2;3-10H,11H2,1-2H3;2-10H,11H2,1H3/q3*+1. The lowest BCUT2D eigenvalue weighted by Gasteiger charge is -2.15. The van der Waals surface area contributed by atoms with Crippen molar-refractivity contribution in [1.29, 1.82) is 0 Å². The van der Waals surface area contributed by atoms with Crippen LogP contribution in [0.4, 0.5) is 17.1 Å². The average molecular weight is 797 g/mol. The van der Waals surface area contributed by atoms with Crippen LogP contribution in [-0.4, -0.2) is 50.0 Å². The molecule has 0 radical (unpaired) electrons. The number of para-hydroxylation sites is 3. The van der Waals surface area contributed by atoms with Crippen LogP contribution in [0.2, 0.25) is 0 Å². The van der Waals surface area contributed by atoms with E-state index in [9.17, 15) is 0 Å². The zero-order valence-electron chi connectivity index (χ0n) is 32.6. The molecule has 10 rings (SSSR count). The first-order chi connectivity index (χ1) is 28.0. The van der Waals surface area contributed by atoms with Gasteiger partial charge in [0, 0.05) is 50.6 Å². The molecule has 0 amide bonds. The molecule has 0 unspecified atom stereocenters. The van der Waals surface area contributed by atoms with E-state index in [2.05, 4.69) is 223 Å². The van der Waals surface area contributed by atoms with Crippen LogP contribution in [0.15, 0.2) is 185 Å². The second-order valence-electron chi connectivity index (χ2n) is 14.2. The minimum Gasteiger partial charge on any atom is -0.188 e. The summed E-state index contributed by atoms with van der Waals surface area (Å²) in [7, 11) is 0. The number of aryl methyl sites for hydroxylation is 3. The summed E-state index contributed by atoms with van der Waals surface area (Å²) in [4.78, 5) is 4.21. The summed E-state index contributed by atoms with van der Waals surface area (Å²) in [6.07, 6.45) is 6.77. The molecule has 0 spiro atoms. The maximum Gasteiger partial charge on any atom is 0.208 e. The molecular weight excluding hydrogens is 751 g/mol. The number of thioether (sulfide) groups is 3. The van der Waals surface area contributed by atoms with E-state index in [1.807, 2.05) is 35.3 Å². The van der Waals surface area contributed by atoms with Gasteiger partial charge < -0.3 is 0 Å². The molecule has 0 aromatic heterocycles. The van der Waals surface area contributed by atoms with E-state index < -0.39 is 0 Å². The van der Waals surface area contributed by atoms with Crippen LogP contribution in [-0.2, 0) is 0 Å². The normalized spacial score (nSPS) is 13.8. The van der Waals surface area contributed by atoms with Gasteiger partial charge in [-0.3, -0.25) is 0 Å². The second kappa shape index (κ2) is 18.2. The largest absolute Gasteiger partial charge is 0.208 e. The topological polar surface area (TPSA) is 9.03 Å². The number of fused-ring (bicyclic) bond motifs is 3. The van der Waals surface area contributed by atoms with E-state index in [0.717, 1.165) is 17.6 Å². The molecule has 3 heterocycles. The SMILES string of the molecule is C1=[N+](c2ccccc2)CSc2c1cccc2-c1ccccc1.Cc1cccc2c1SC[N+](c1ccccc1)=C2.Cc1ccccc1[N+]1=Cc2cccc(C)c2SC1. The van der Waals surface area contributed by atoms with Gasteiger partial charge in [-0.1, -0.05) is 157 Å². The van der Waals surface area contributed by atoms with Gasteiger partial charge in [0.05, 0.1) is 16.7 Å². The van der Waals surface area contributed by atoms with Crippen molar-refractivity contribution in [2.75, 3.05) is 17.6 Å². The number of benzene rings is 7. The lowest BCUT2D eigenvalue weighted by atomic mass is 10.0. The van der Waals surface area contributed by atoms with Gasteiger partial charge in [-0.15, -0.1) is 0 Å². The fraction of sp³-hybridized carbons (Fsp3) is 0.118. The molecule has 3 aliphatic rings. The molecule has 57 heavy (non-hydrogen) atoms. The summed E-state index contributed by atoms with van der Waals surface area (Å²) in [5.41, 5.74) is 14.4. The summed E-state index contributed by atoms with van der Waals surface area (Å²) < 4.78 is 6.94. The van der Waals surface area contributed by atoms with Gasteiger partial charge >= 0.3 is 0 Å². The predicted molar refractivity (Wildman–Crippen MR) is 246 cm³/mol. The Morgan fingerprint density at radius 3 is 1.30 bits per heavy atom. The smallest absolute Gasteiger partial charge is 0.188 e. The van der Waals surface area contributed by atoms with Crippen molar-refractivity contribution in [3.05, 3.63) is 203 Å². The zero-order valence-corrected chi connectivity index (χ0v) is 35.0. The summed E-state index contributed by atoms with van der Waals surface area (Å²) >= 11 is 5.74. The van der Waals surface area contributed by atoms with Crippen molar-refractivity contribution in [1.82, 2.24) is 0 Å². The van der Waals surface area contributed by atoms with Gasteiger partial charge in [-0.25, -0.2) is 0 Å². The Kier molecular flexibility index (Phi) is 12.3. The fourth-order valence-corrected chi connectivity index (χ4v) is 10.5. The third-order valence-electron chi connectivity index (χ3n) is 10.1. The van der Waals surface area contributed by atoms with E-state index in [1.165, 1.54) is 76.3 Å². The molecule has 0 aliphatic carbocycles. The second-order valence-corrected chi connectivity index (χ2v) is 17.0. The number of hydrogen-bond donors (Lipinski definition) is 0. The molecule has 6 heteroatoms. The van der Waals surface area contributed by atoms with E-state index in [-0.39, 0.29) is 0 Å². The third-order valence-corrected chi connectivity index (χ3v) is 13.8. The lowest BCUT2D eigenvalue weighted by Crippen LogP contribution is -2.14. The molecular formula is C51H46N3S3+3. The predicted octanol–water partition coefficient (Wildman–Crippen LogP) is 13.1. The highest BCUT2D eigenvalue weighted by Gasteiger charge is 2.23. The molecule has 3 aliphatic heterocycles. The Labute approximate surface area is 350 Å². The number of rotatable bonds is 4. The molecule has 0 saturated heterocycles. The van der Waals surface area contributed by atoms with Gasteiger partial charge in [-0.05, 0) is 61.2 Å². The molecule has 280 valence electrons. The van der Waals surface area contributed by atoms with Crippen LogP contribution in [0.25, 0.3) is 11.1 Å². The molecule has 3 nitrogen and oxygen atoms in total. The van der Waals surface area contributed by atoms with Crippen LogP contribution >= 0.6 is 35.3 Å². The van der Waals surface area contributed by atoms with Gasteiger partial charge in [-0.2, -0.15) is 13.7 Å². The van der Waals surface area contributed by atoms with Crippen molar-refractivity contribution in [2.45, 2.75) is 35.5 Å². The summed E-state index contributed by atoms with van der Waals surface area (Å²) in [5.74, 6) is 2.92. The molecule has 0 fully saturated rings. The van der Waals surface area contributed by atoms with Crippen LogP contribution in [0.1, 0.15) is 33.4 Å². The Balaban J connectivity index is 0.000000121. The highest BCUT2D eigenvalue weighted by molar-refractivity contribution is 7.99. The van der Waals surface area contributed by atoms with Gasteiger partial charge in [0.15, 0.2) is 36.3 Å². The molecule has 7 aromatic rings. The first kappa shape index (κ1) is 38.5. The van der Waals surface area contributed by atoms with Gasteiger partial charge in [0.25, 0.3) is 0 Å². The van der Waals surface area contributed by atoms with E-state index >= 15 is 0 Å². The van der Waals surface area contributed by atoms with E-state index in [4.69, 9.17) is 0 Å². The summed E-state index contributed by atoms with van der Waals surface area (Å²) in [5, 5.41) is 0. The molecule has 0 atom stereocenters. The minimum atomic E-state index is 0.945. The average Bonchev–Trinajstić information content (AvgIpc) is 3.27. The van der Waals surface area contributed by atoms with E-state index in [1.54, 1.807) is 0 Å². The van der Waals surface area contributed by atoms with Crippen molar-refractivity contribution >= 4 is 71.0 Å². The highest BCUT2D eigenvalue weighted by atomic mass is 32.2. The highest BCUT2D eigenvalue weighted by Crippen LogP contribution is 2.37. The Morgan fingerprint density at radius 1 is 0.351 bits per heavy atom. The Morgan fingerprint density at radius 2 is 0.754 bits per heavy atom. The van der Waals surface area contributed by atoms with Crippen molar-refractivity contribution in [2.24, 2.45) is 0 Å². The van der Waals surface area contributed by atoms with Crippen LogP contribution < -0.4 is 0 Å². The molecule has 7 aromatic carbocycles. The Hall–Kier alpha value is -5.40. The summed E-state index contributed by atoms with van der Waals surface area (Å²) in [6.45, 7) is 6.53. The molecule has 0 saturated carbocycles. The zero-order chi connectivity index (χ0) is 39.0. The maximum absolute atomic E-state index is 2.34. The lowest BCUT2D eigenvalue weighted by molar-refractivity contribution is -0.411. The quantitative estimate of drug-likeness (QED) is 0.164. The van der Waals surface area contributed by atoms with Gasteiger partial charge in [0.1, 0.15) is 0 Å². The fourth-order valence-electron chi connectivity index (χ4n) is 7.19. The van der Waals surface area contributed by atoms with E-state index in [0.29, 0.717) is 0 Å². The van der Waals surface area contributed by atoms with Crippen molar-refractivity contribution in [3.8, 4) is 11.1 Å². The monoisotopic (exact) mass is 796 g/mol. The number of nitrogens with zero attached hydrogens (tertiary/aromatic N) is 3. The summed E-state index contributed by atoms with van der Waals surface area (Å²) in [6, 6.07) is 59.8.